The fraction of sp³-hybridized carbons (Fsp3) is 0.588. The molecule has 0 radical (unpaired) electrons. The van der Waals surface area contributed by atoms with Gasteiger partial charge in [0, 0.05) is 6.07 Å². The van der Waals surface area contributed by atoms with Crippen LogP contribution in [0.5, 0.6) is 5.75 Å². The molecule has 1 spiro atoms. The lowest BCUT2D eigenvalue weighted by Crippen LogP contribution is -2.32. The molecule has 3 rings (SSSR count). The molecule has 1 saturated carbocycles. The van der Waals surface area contributed by atoms with Crippen molar-refractivity contribution in [2.45, 2.75) is 56.7 Å². The Balaban J connectivity index is 1.54. The lowest BCUT2D eigenvalue weighted by molar-refractivity contribution is -0.0748. The van der Waals surface area contributed by atoms with Crippen molar-refractivity contribution < 1.29 is 9.47 Å². The summed E-state index contributed by atoms with van der Waals surface area (Å²) < 4.78 is 12.1. The highest BCUT2D eigenvalue weighted by Gasteiger charge is 2.40. The minimum atomic E-state index is 0.134. The maximum atomic E-state index is 8.86. The second kappa shape index (κ2) is 6.25. The topological polar surface area (TPSA) is 42.2 Å². The first-order valence-electron chi connectivity index (χ1n) is 7.71. The highest BCUT2D eigenvalue weighted by atomic mass is 35.5. The largest absolute Gasteiger partial charge is 0.491 e. The Kier molecular flexibility index (Phi) is 4.37. The minimum absolute atomic E-state index is 0.134. The Morgan fingerprint density at radius 1 is 1.29 bits per heavy atom. The van der Waals surface area contributed by atoms with Gasteiger partial charge in [0.15, 0.2) is 0 Å². The van der Waals surface area contributed by atoms with E-state index in [9.17, 15) is 0 Å². The molecular weight excluding hydrogens is 286 g/mol. The summed E-state index contributed by atoms with van der Waals surface area (Å²) in [7, 11) is 0. The van der Waals surface area contributed by atoms with E-state index in [-0.39, 0.29) is 11.7 Å². The maximum Gasteiger partial charge on any atom is 0.121 e. The number of halogens is 1. The molecule has 112 valence electrons. The summed E-state index contributed by atoms with van der Waals surface area (Å²) in [5.41, 5.74) is 0.608. The van der Waals surface area contributed by atoms with Crippen LogP contribution in [0.1, 0.15) is 50.5 Å². The zero-order valence-corrected chi connectivity index (χ0v) is 12.9. The first kappa shape index (κ1) is 14.7. The summed E-state index contributed by atoms with van der Waals surface area (Å²) in [4.78, 5) is 0. The molecule has 4 heteroatoms. The van der Waals surface area contributed by atoms with Crippen LogP contribution in [0.15, 0.2) is 18.2 Å². The molecule has 1 heterocycles. The number of ether oxygens (including phenoxy) is 2. The van der Waals surface area contributed by atoms with E-state index in [1.807, 2.05) is 6.07 Å². The van der Waals surface area contributed by atoms with E-state index in [1.54, 1.807) is 18.2 Å². The van der Waals surface area contributed by atoms with Crippen LogP contribution in [0.3, 0.4) is 0 Å². The Hall–Kier alpha value is -1.24. The lowest BCUT2D eigenvalue weighted by Gasteiger charge is -2.33. The van der Waals surface area contributed by atoms with Crippen molar-refractivity contribution in [3.63, 3.8) is 0 Å². The summed E-state index contributed by atoms with van der Waals surface area (Å²) in [6, 6.07) is 7.22. The molecular formula is C17H20ClNO2. The van der Waals surface area contributed by atoms with Crippen LogP contribution in [0.4, 0.5) is 0 Å². The Bertz CT molecular complexity index is 546. The summed E-state index contributed by atoms with van der Waals surface area (Å²) in [6.45, 7) is 0.560. The van der Waals surface area contributed by atoms with Crippen molar-refractivity contribution in [1.29, 1.82) is 5.26 Å². The fourth-order valence-corrected chi connectivity index (χ4v) is 3.66. The predicted molar refractivity (Wildman–Crippen MR) is 81.6 cm³/mol. The third-order valence-electron chi connectivity index (χ3n) is 4.60. The molecule has 0 N–H and O–H groups in total. The van der Waals surface area contributed by atoms with Crippen molar-refractivity contribution >= 4 is 11.6 Å². The number of rotatable bonds is 3. The molecule has 1 saturated heterocycles. The van der Waals surface area contributed by atoms with Gasteiger partial charge in [-0.05, 0) is 37.8 Å². The van der Waals surface area contributed by atoms with E-state index in [2.05, 4.69) is 0 Å². The van der Waals surface area contributed by atoms with Crippen LogP contribution in [-0.2, 0) is 4.74 Å². The molecule has 1 unspecified atom stereocenters. The molecule has 3 nitrogen and oxygen atoms in total. The van der Waals surface area contributed by atoms with Gasteiger partial charge >= 0.3 is 0 Å². The van der Waals surface area contributed by atoms with Crippen molar-refractivity contribution in [3.05, 3.63) is 28.8 Å². The molecule has 2 fully saturated rings. The lowest BCUT2D eigenvalue weighted by atomic mass is 9.83. The highest BCUT2D eigenvalue weighted by molar-refractivity contribution is 6.31. The van der Waals surface area contributed by atoms with Crippen LogP contribution in [0, 0.1) is 11.3 Å². The quantitative estimate of drug-likeness (QED) is 0.827. The summed E-state index contributed by atoms with van der Waals surface area (Å²) in [5.74, 6) is 0.701. The van der Waals surface area contributed by atoms with Crippen LogP contribution in [0.25, 0.3) is 0 Å². The summed E-state index contributed by atoms with van der Waals surface area (Å²) >= 11 is 6.01. The number of hydrogen-bond donors (Lipinski definition) is 0. The van der Waals surface area contributed by atoms with E-state index in [1.165, 1.54) is 32.1 Å². The first-order valence-corrected chi connectivity index (χ1v) is 8.09. The second-order valence-electron chi connectivity index (χ2n) is 6.09. The van der Waals surface area contributed by atoms with Crippen molar-refractivity contribution in [2.75, 3.05) is 6.61 Å². The smallest absolute Gasteiger partial charge is 0.121 e. The van der Waals surface area contributed by atoms with Gasteiger partial charge in [0.25, 0.3) is 0 Å². The summed E-state index contributed by atoms with van der Waals surface area (Å²) in [5, 5.41) is 9.29. The molecule has 1 aromatic rings. The number of benzene rings is 1. The normalized spacial score (nSPS) is 23.9. The summed E-state index contributed by atoms with van der Waals surface area (Å²) in [6.07, 6.45) is 8.74. The van der Waals surface area contributed by atoms with Gasteiger partial charge < -0.3 is 9.47 Å². The van der Waals surface area contributed by atoms with Gasteiger partial charge in [0.1, 0.15) is 18.4 Å². The third kappa shape index (κ3) is 3.33. The first-order chi connectivity index (χ1) is 10.2. The molecule has 1 aliphatic carbocycles. The van der Waals surface area contributed by atoms with Crippen LogP contribution < -0.4 is 4.74 Å². The van der Waals surface area contributed by atoms with Gasteiger partial charge in [-0.15, -0.1) is 0 Å². The van der Waals surface area contributed by atoms with Crippen molar-refractivity contribution in [1.82, 2.24) is 0 Å². The molecule has 1 atom stereocenters. The van der Waals surface area contributed by atoms with Crippen molar-refractivity contribution in [3.8, 4) is 11.8 Å². The molecule has 21 heavy (non-hydrogen) atoms. The van der Waals surface area contributed by atoms with Gasteiger partial charge in [-0.2, -0.15) is 5.26 Å². The SMILES string of the molecule is N#Cc1ccc(OCC2CCC3(CCCCC3)O2)cc1Cl. The van der Waals surface area contributed by atoms with Gasteiger partial charge in [-0.25, -0.2) is 0 Å². The zero-order valence-electron chi connectivity index (χ0n) is 12.1. The standard InChI is InChI=1S/C17H20ClNO2/c18-16-10-14(5-4-13(16)11-19)20-12-15-6-9-17(21-15)7-2-1-3-8-17/h4-5,10,15H,1-3,6-9,12H2. The Labute approximate surface area is 130 Å². The van der Waals surface area contributed by atoms with Gasteiger partial charge in [-0.1, -0.05) is 30.9 Å². The molecule has 0 bridgehead atoms. The zero-order chi connectivity index (χ0) is 14.7. The monoisotopic (exact) mass is 305 g/mol. The number of nitrogens with zero attached hydrogens (tertiary/aromatic N) is 1. The molecule has 1 aromatic carbocycles. The van der Waals surface area contributed by atoms with Crippen LogP contribution >= 0.6 is 11.6 Å². The van der Waals surface area contributed by atoms with Gasteiger partial charge in [-0.3, -0.25) is 0 Å². The third-order valence-corrected chi connectivity index (χ3v) is 4.91. The van der Waals surface area contributed by atoms with Crippen LogP contribution in [-0.4, -0.2) is 18.3 Å². The van der Waals surface area contributed by atoms with Gasteiger partial charge in [0.2, 0.25) is 0 Å². The van der Waals surface area contributed by atoms with E-state index in [0.29, 0.717) is 22.9 Å². The average Bonchev–Trinajstić information content (AvgIpc) is 2.89. The molecule has 0 aromatic heterocycles. The van der Waals surface area contributed by atoms with Gasteiger partial charge in [0.05, 0.1) is 22.3 Å². The van der Waals surface area contributed by atoms with E-state index in [0.717, 1.165) is 12.8 Å². The highest BCUT2D eigenvalue weighted by Crippen LogP contribution is 2.42. The van der Waals surface area contributed by atoms with Crippen molar-refractivity contribution in [2.24, 2.45) is 0 Å². The van der Waals surface area contributed by atoms with E-state index < -0.39 is 0 Å². The average molecular weight is 306 g/mol. The molecule has 1 aliphatic heterocycles. The Morgan fingerprint density at radius 3 is 2.81 bits per heavy atom. The number of nitriles is 1. The Morgan fingerprint density at radius 2 is 2.10 bits per heavy atom. The maximum absolute atomic E-state index is 8.86. The molecule has 2 aliphatic rings. The van der Waals surface area contributed by atoms with E-state index in [4.69, 9.17) is 26.3 Å². The molecule has 0 amide bonds. The van der Waals surface area contributed by atoms with E-state index >= 15 is 0 Å². The van der Waals surface area contributed by atoms with Crippen LogP contribution in [0.2, 0.25) is 5.02 Å². The predicted octanol–water partition coefficient (Wildman–Crippen LogP) is 4.47. The minimum Gasteiger partial charge on any atom is -0.491 e. The fourth-order valence-electron chi connectivity index (χ4n) is 3.44. The second-order valence-corrected chi connectivity index (χ2v) is 6.49. The number of hydrogen-bond acceptors (Lipinski definition) is 3.